The number of piperazine rings is 1. The number of pyridine rings is 2. The Balaban J connectivity index is 0.00000189. The van der Waals surface area contributed by atoms with Crippen LogP contribution in [0.3, 0.4) is 0 Å². The molecule has 7 nitrogen and oxygen atoms in total. The van der Waals surface area contributed by atoms with Crippen molar-refractivity contribution in [2.75, 3.05) is 19.6 Å². The number of amides is 2. The Morgan fingerprint density at radius 1 is 1.07 bits per heavy atom. The molecule has 2 aliphatic rings. The molecule has 0 bridgehead atoms. The molecule has 0 spiro atoms. The lowest BCUT2D eigenvalue weighted by atomic mass is 9.92. The van der Waals surface area contributed by atoms with E-state index in [1.807, 2.05) is 50.9 Å². The van der Waals surface area contributed by atoms with E-state index in [4.69, 9.17) is 4.98 Å². The van der Waals surface area contributed by atoms with Gasteiger partial charge in [0.25, 0.3) is 0 Å². The van der Waals surface area contributed by atoms with Crippen molar-refractivity contribution in [3.8, 4) is 0 Å². The number of rotatable bonds is 6. The van der Waals surface area contributed by atoms with Crippen molar-refractivity contribution < 1.29 is 9.59 Å². The summed E-state index contributed by atoms with van der Waals surface area (Å²) in [5, 5.41) is 3.06. The van der Waals surface area contributed by atoms with Crippen LogP contribution in [0, 0.1) is 6.92 Å². The van der Waals surface area contributed by atoms with Crippen LogP contribution in [0.25, 0.3) is 0 Å². The first-order chi connectivity index (χ1) is 19.8. The van der Waals surface area contributed by atoms with E-state index in [0.717, 1.165) is 28.6 Å². The number of fused-ring (bicyclic) bond motifs is 2. The first-order valence-electron chi connectivity index (χ1n) is 14.7. The molecule has 218 valence electrons. The summed E-state index contributed by atoms with van der Waals surface area (Å²) in [4.78, 5) is 39.9. The molecular formula is C33H42BrN5O2. The molecule has 2 atom stereocenters. The van der Waals surface area contributed by atoms with Gasteiger partial charge in [0.1, 0.15) is 0 Å². The number of nitrogens with one attached hydrogen (secondary N) is 1. The van der Waals surface area contributed by atoms with Crippen molar-refractivity contribution in [2.45, 2.75) is 78.4 Å². The maximum atomic E-state index is 13.3. The second-order valence-electron chi connectivity index (χ2n) is 11.0. The van der Waals surface area contributed by atoms with Crippen molar-refractivity contribution in [1.82, 2.24) is 25.1 Å². The first-order valence-corrected chi connectivity index (χ1v) is 15.5. The predicted octanol–water partition coefficient (Wildman–Crippen LogP) is 5.43. The molecule has 8 heteroatoms. The lowest BCUT2D eigenvalue weighted by Gasteiger charge is -2.45. The van der Waals surface area contributed by atoms with Gasteiger partial charge in [-0.2, -0.15) is 0 Å². The average Bonchev–Trinajstić information content (AvgIpc) is 3.10. The van der Waals surface area contributed by atoms with Crippen LogP contribution in [0.2, 0.25) is 0 Å². The lowest BCUT2D eigenvalue weighted by molar-refractivity contribution is -0.135. The standard InChI is InChI=1S/C31H36BrN5O2.C2H6/c1-20(2)35-28(38)16-26-19-36(29(39)14-22-5-4-10-33-17-22)11-12-37(26)31-27-9-6-21(3)13-23(27)7-8-24-15-25(32)18-34-30(24)31;1-2/h4-6,9-10,13,15,17-18,20,26,31H,7-8,11-12,14,16,19H2,1-3H3,(H,35,38);1-2H3. The second-order valence-corrected chi connectivity index (χ2v) is 11.9. The molecule has 3 heterocycles. The minimum Gasteiger partial charge on any atom is -0.354 e. The van der Waals surface area contributed by atoms with Crippen molar-refractivity contribution in [3.05, 3.63) is 93.0 Å². The summed E-state index contributed by atoms with van der Waals surface area (Å²) >= 11 is 3.62. The van der Waals surface area contributed by atoms with E-state index in [-0.39, 0.29) is 29.9 Å². The van der Waals surface area contributed by atoms with E-state index in [1.165, 1.54) is 22.3 Å². The summed E-state index contributed by atoms with van der Waals surface area (Å²) in [6.07, 6.45) is 7.82. The van der Waals surface area contributed by atoms with Gasteiger partial charge in [-0.1, -0.05) is 43.7 Å². The minimum absolute atomic E-state index is 0.00305. The van der Waals surface area contributed by atoms with Gasteiger partial charge in [0, 0.05) is 61.2 Å². The second kappa shape index (κ2) is 14.2. The number of halogens is 1. The third-order valence-electron chi connectivity index (χ3n) is 7.65. The number of aryl methyl sites for hydroxylation is 3. The van der Waals surface area contributed by atoms with Gasteiger partial charge in [0.05, 0.1) is 18.2 Å². The Morgan fingerprint density at radius 2 is 1.85 bits per heavy atom. The highest BCUT2D eigenvalue weighted by Gasteiger charge is 2.39. The van der Waals surface area contributed by atoms with E-state index in [1.54, 1.807) is 12.4 Å². The lowest BCUT2D eigenvalue weighted by Crippen LogP contribution is -2.57. The number of hydrogen-bond donors (Lipinski definition) is 1. The Bertz CT molecular complexity index is 1290. The maximum absolute atomic E-state index is 13.3. The van der Waals surface area contributed by atoms with Gasteiger partial charge in [-0.05, 0) is 83.9 Å². The van der Waals surface area contributed by atoms with Crippen molar-refractivity contribution in [3.63, 3.8) is 0 Å². The molecular weight excluding hydrogens is 578 g/mol. The third-order valence-corrected chi connectivity index (χ3v) is 8.08. The molecule has 2 amide bonds. The van der Waals surface area contributed by atoms with E-state index in [0.29, 0.717) is 32.5 Å². The Kier molecular flexibility index (Phi) is 10.7. The third kappa shape index (κ3) is 7.60. The van der Waals surface area contributed by atoms with Crippen LogP contribution in [0.1, 0.15) is 73.7 Å². The van der Waals surface area contributed by atoms with E-state index in [9.17, 15) is 9.59 Å². The average molecular weight is 621 g/mol. The molecule has 41 heavy (non-hydrogen) atoms. The first kappa shape index (κ1) is 30.8. The van der Waals surface area contributed by atoms with Gasteiger partial charge in [0.2, 0.25) is 11.8 Å². The fourth-order valence-electron chi connectivity index (χ4n) is 5.91. The summed E-state index contributed by atoms with van der Waals surface area (Å²) in [6, 6.07) is 12.5. The molecule has 3 aromatic rings. The topological polar surface area (TPSA) is 78.4 Å². The van der Waals surface area contributed by atoms with Crippen LogP contribution in [0.5, 0.6) is 0 Å². The highest BCUT2D eigenvalue weighted by atomic mass is 79.9. The van der Waals surface area contributed by atoms with Gasteiger partial charge >= 0.3 is 0 Å². The summed E-state index contributed by atoms with van der Waals surface area (Å²) in [6.45, 7) is 11.8. The van der Waals surface area contributed by atoms with Crippen molar-refractivity contribution in [1.29, 1.82) is 0 Å². The SMILES string of the molecule is CC.Cc1ccc2c(c1)CCc1cc(Br)cnc1C2N1CCN(C(=O)Cc2cccnc2)CC1CC(=O)NC(C)C. The number of aromatic nitrogens is 2. The normalized spacial score (nSPS) is 18.5. The van der Waals surface area contributed by atoms with E-state index in [2.05, 4.69) is 62.3 Å². The zero-order valence-corrected chi connectivity index (χ0v) is 26.4. The molecule has 2 aromatic heterocycles. The molecule has 1 N–H and O–H groups in total. The largest absolute Gasteiger partial charge is 0.354 e. The Hall–Kier alpha value is -3.10. The predicted molar refractivity (Wildman–Crippen MR) is 167 cm³/mol. The summed E-state index contributed by atoms with van der Waals surface area (Å²) < 4.78 is 0.973. The number of benzene rings is 1. The molecule has 0 radical (unpaired) electrons. The van der Waals surface area contributed by atoms with Gasteiger partial charge in [-0.3, -0.25) is 24.5 Å². The number of carbonyl (C=O) groups excluding carboxylic acids is 2. The summed E-state index contributed by atoms with van der Waals surface area (Å²) in [7, 11) is 0. The molecule has 2 unspecified atom stereocenters. The van der Waals surface area contributed by atoms with Crippen LogP contribution >= 0.6 is 15.9 Å². The van der Waals surface area contributed by atoms with Gasteiger partial charge < -0.3 is 10.2 Å². The Labute approximate surface area is 252 Å². The molecule has 5 rings (SSSR count). The van der Waals surface area contributed by atoms with Gasteiger partial charge in [-0.25, -0.2) is 0 Å². The zero-order chi connectivity index (χ0) is 29.5. The Morgan fingerprint density at radius 3 is 2.59 bits per heavy atom. The number of nitrogens with zero attached hydrogens (tertiary/aromatic N) is 4. The van der Waals surface area contributed by atoms with Crippen molar-refractivity contribution >= 4 is 27.7 Å². The van der Waals surface area contributed by atoms with Crippen LogP contribution in [-0.2, 0) is 28.9 Å². The number of carbonyl (C=O) groups is 2. The monoisotopic (exact) mass is 619 g/mol. The van der Waals surface area contributed by atoms with Gasteiger partial charge in [0.15, 0.2) is 0 Å². The molecule has 1 saturated heterocycles. The highest BCUT2D eigenvalue weighted by Crippen LogP contribution is 2.39. The molecule has 1 aliphatic heterocycles. The quantitative estimate of drug-likeness (QED) is 0.398. The summed E-state index contributed by atoms with van der Waals surface area (Å²) in [5.41, 5.74) is 6.99. The van der Waals surface area contributed by atoms with Crippen LogP contribution in [0.4, 0.5) is 0 Å². The van der Waals surface area contributed by atoms with Gasteiger partial charge in [-0.15, -0.1) is 0 Å². The fraction of sp³-hybridized carbons (Fsp3) is 0.455. The van der Waals surface area contributed by atoms with Crippen LogP contribution in [0.15, 0.2) is 59.5 Å². The van der Waals surface area contributed by atoms with E-state index >= 15 is 0 Å². The van der Waals surface area contributed by atoms with Crippen molar-refractivity contribution in [2.24, 2.45) is 0 Å². The van der Waals surface area contributed by atoms with E-state index < -0.39 is 0 Å². The molecule has 1 aliphatic carbocycles. The number of hydrogen-bond acceptors (Lipinski definition) is 5. The highest BCUT2D eigenvalue weighted by molar-refractivity contribution is 9.10. The zero-order valence-electron chi connectivity index (χ0n) is 24.9. The minimum atomic E-state index is -0.147. The maximum Gasteiger partial charge on any atom is 0.227 e. The molecule has 1 fully saturated rings. The summed E-state index contributed by atoms with van der Waals surface area (Å²) in [5.74, 6) is 0.0690. The molecule has 0 saturated carbocycles. The smallest absolute Gasteiger partial charge is 0.227 e. The van der Waals surface area contributed by atoms with Crippen LogP contribution in [-0.4, -0.2) is 63.3 Å². The molecule has 1 aromatic carbocycles. The fourth-order valence-corrected chi connectivity index (χ4v) is 6.29. The van der Waals surface area contributed by atoms with Crippen LogP contribution < -0.4 is 5.32 Å².